The van der Waals surface area contributed by atoms with E-state index in [1.165, 1.54) is 88.9 Å². The molecule has 0 aromatic carbocycles. The van der Waals surface area contributed by atoms with E-state index < -0.39 is 0 Å². The van der Waals surface area contributed by atoms with Crippen LogP contribution in [-0.2, 0) is 9.53 Å². The molecule has 0 saturated carbocycles. The van der Waals surface area contributed by atoms with Crippen LogP contribution in [0.25, 0.3) is 0 Å². The molecule has 0 unspecified atom stereocenters. The Bertz CT molecular complexity index is 270. The van der Waals surface area contributed by atoms with Gasteiger partial charge in [0.25, 0.3) is 0 Å². The van der Waals surface area contributed by atoms with Crippen LogP contribution >= 0.6 is 21.6 Å². The van der Waals surface area contributed by atoms with Crippen molar-refractivity contribution in [3.63, 3.8) is 0 Å². The molecule has 4 heteroatoms. The molecule has 0 fully saturated rings. The Morgan fingerprint density at radius 1 is 0.826 bits per heavy atom. The van der Waals surface area contributed by atoms with Gasteiger partial charge in [-0.25, -0.2) is 4.79 Å². The summed E-state index contributed by atoms with van der Waals surface area (Å²) in [4.78, 5) is 10.8. The lowest BCUT2D eigenvalue weighted by Gasteiger charge is -2.03. The highest BCUT2D eigenvalue weighted by Crippen LogP contribution is 2.22. The summed E-state index contributed by atoms with van der Waals surface area (Å²) in [5.41, 5.74) is 0. The van der Waals surface area contributed by atoms with E-state index in [1.807, 2.05) is 10.8 Å². The topological polar surface area (TPSA) is 26.3 Å². The number of ether oxygens (including phenoxy) is 1. The second-order valence-electron chi connectivity index (χ2n) is 5.90. The molecule has 0 bridgehead atoms. The molecule has 0 aliphatic heterocycles. The third-order valence-corrected chi connectivity index (χ3v) is 6.20. The molecule has 2 nitrogen and oxygen atoms in total. The van der Waals surface area contributed by atoms with E-state index in [0.29, 0.717) is 6.61 Å². The van der Waals surface area contributed by atoms with Crippen LogP contribution in [0.4, 0.5) is 0 Å². The van der Waals surface area contributed by atoms with Crippen LogP contribution in [0.1, 0.15) is 84.0 Å². The van der Waals surface area contributed by atoms with Crippen molar-refractivity contribution in [3.8, 4) is 0 Å². The van der Waals surface area contributed by atoms with Crippen LogP contribution in [0, 0.1) is 0 Å². The first-order chi connectivity index (χ1) is 11.3. The Labute approximate surface area is 152 Å². The van der Waals surface area contributed by atoms with Crippen molar-refractivity contribution in [1.29, 1.82) is 0 Å². The Morgan fingerprint density at radius 2 is 1.30 bits per heavy atom. The number of unbranched alkanes of at least 4 members (excludes halogenated alkanes) is 11. The molecule has 0 aliphatic rings. The van der Waals surface area contributed by atoms with Gasteiger partial charge in [-0.15, -0.1) is 0 Å². The second kappa shape index (κ2) is 20.0. The van der Waals surface area contributed by atoms with E-state index in [1.54, 1.807) is 10.8 Å². The summed E-state index contributed by atoms with van der Waals surface area (Å²) in [6, 6.07) is 0. The van der Waals surface area contributed by atoms with E-state index in [0.717, 1.165) is 5.75 Å². The van der Waals surface area contributed by atoms with Gasteiger partial charge in [-0.1, -0.05) is 106 Å². The van der Waals surface area contributed by atoms with Gasteiger partial charge in [0, 0.05) is 17.6 Å². The Morgan fingerprint density at radius 3 is 1.83 bits per heavy atom. The Kier molecular flexibility index (Phi) is 19.9. The number of carbonyl (C=O) groups excluding carboxylic acids is 1. The van der Waals surface area contributed by atoms with Gasteiger partial charge in [-0.2, -0.15) is 0 Å². The zero-order valence-corrected chi connectivity index (χ0v) is 16.7. The van der Waals surface area contributed by atoms with Crippen LogP contribution in [0.5, 0.6) is 0 Å². The van der Waals surface area contributed by atoms with Gasteiger partial charge in [-0.05, 0) is 6.42 Å². The number of rotatable bonds is 18. The molecule has 0 rings (SSSR count). The van der Waals surface area contributed by atoms with E-state index in [2.05, 4.69) is 13.5 Å². The SMILES string of the molecule is C=CC(=O)OCCSSCCCCCCCCCCCCCC. The Balaban J connectivity index is 3.00. The van der Waals surface area contributed by atoms with Gasteiger partial charge in [0.2, 0.25) is 0 Å². The van der Waals surface area contributed by atoms with Crippen LogP contribution in [-0.4, -0.2) is 24.1 Å². The summed E-state index contributed by atoms with van der Waals surface area (Å²) in [7, 11) is 3.69. The molecule has 0 spiro atoms. The van der Waals surface area contributed by atoms with Crippen molar-refractivity contribution in [1.82, 2.24) is 0 Å². The predicted octanol–water partition coefficient (Wildman–Crippen LogP) is 6.80. The molecule has 0 saturated heterocycles. The van der Waals surface area contributed by atoms with Crippen LogP contribution < -0.4 is 0 Å². The summed E-state index contributed by atoms with van der Waals surface area (Å²) < 4.78 is 4.92. The molecule has 0 atom stereocenters. The van der Waals surface area contributed by atoms with E-state index in [-0.39, 0.29) is 5.97 Å². The third kappa shape index (κ3) is 19.9. The van der Waals surface area contributed by atoms with E-state index in [4.69, 9.17) is 4.74 Å². The molecule has 0 amide bonds. The van der Waals surface area contributed by atoms with Gasteiger partial charge >= 0.3 is 5.97 Å². The fraction of sp³-hybridized carbons (Fsp3) is 0.842. The largest absolute Gasteiger partial charge is 0.462 e. The summed E-state index contributed by atoms with van der Waals surface area (Å²) in [5, 5.41) is 0. The monoisotopic (exact) mass is 360 g/mol. The molecule has 0 heterocycles. The average Bonchev–Trinajstić information content (AvgIpc) is 2.57. The maximum atomic E-state index is 10.8. The summed E-state index contributed by atoms with van der Waals surface area (Å²) >= 11 is 0. The van der Waals surface area contributed by atoms with Crippen molar-refractivity contribution in [3.05, 3.63) is 12.7 Å². The van der Waals surface area contributed by atoms with Gasteiger partial charge in [0.1, 0.15) is 6.61 Å². The molecule has 136 valence electrons. The lowest BCUT2D eigenvalue weighted by atomic mass is 10.1. The smallest absolute Gasteiger partial charge is 0.330 e. The molecule has 23 heavy (non-hydrogen) atoms. The van der Waals surface area contributed by atoms with Crippen LogP contribution in [0.15, 0.2) is 12.7 Å². The van der Waals surface area contributed by atoms with E-state index in [9.17, 15) is 4.79 Å². The van der Waals surface area contributed by atoms with Crippen molar-refractivity contribution in [2.75, 3.05) is 18.1 Å². The highest BCUT2D eigenvalue weighted by molar-refractivity contribution is 8.76. The van der Waals surface area contributed by atoms with Gasteiger partial charge in [-0.3, -0.25) is 0 Å². The molecule has 0 radical (unpaired) electrons. The first-order valence-electron chi connectivity index (χ1n) is 9.34. The van der Waals surface area contributed by atoms with Crippen molar-refractivity contribution in [2.24, 2.45) is 0 Å². The van der Waals surface area contributed by atoms with Gasteiger partial charge in [0.05, 0.1) is 0 Å². The minimum absolute atomic E-state index is 0.323. The lowest BCUT2D eigenvalue weighted by Crippen LogP contribution is -2.02. The fourth-order valence-corrected chi connectivity index (χ4v) is 4.33. The zero-order valence-electron chi connectivity index (χ0n) is 15.0. The number of esters is 1. The normalized spacial score (nSPS) is 10.7. The average molecular weight is 361 g/mol. The van der Waals surface area contributed by atoms with Crippen molar-refractivity contribution >= 4 is 27.6 Å². The number of hydrogen-bond donors (Lipinski definition) is 0. The molecule has 0 N–H and O–H groups in total. The summed E-state index contributed by atoms with van der Waals surface area (Å²) in [6.07, 6.45) is 18.0. The molecular formula is C19H36O2S2. The predicted molar refractivity (Wildman–Crippen MR) is 107 cm³/mol. The van der Waals surface area contributed by atoms with Crippen LogP contribution in [0.2, 0.25) is 0 Å². The molecule has 0 aromatic rings. The van der Waals surface area contributed by atoms with Gasteiger partial charge < -0.3 is 4.74 Å². The van der Waals surface area contributed by atoms with Crippen molar-refractivity contribution in [2.45, 2.75) is 84.0 Å². The molecule has 0 aliphatic carbocycles. The molecule has 0 aromatic heterocycles. The summed E-state index contributed by atoms with van der Waals surface area (Å²) in [6.45, 7) is 6.13. The number of hydrogen-bond acceptors (Lipinski definition) is 4. The number of carbonyl (C=O) groups is 1. The highest BCUT2D eigenvalue weighted by atomic mass is 33.1. The van der Waals surface area contributed by atoms with Crippen LogP contribution in [0.3, 0.4) is 0 Å². The zero-order chi connectivity index (χ0) is 17.0. The molecular weight excluding hydrogens is 324 g/mol. The lowest BCUT2D eigenvalue weighted by molar-refractivity contribution is -0.137. The van der Waals surface area contributed by atoms with Gasteiger partial charge in [0.15, 0.2) is 0 Å². The maximum absolute atomic E-state index is 10.8. The maximum Gasteiger partial charge on any atom is 0.330 e. The minimum atomic E-state index is -0.323. The first kappa shape index (κ1) is 22.9. The standard InChI is InChI=1S/C19H36O2S2/c1-3-5-6-7-8-9-10-11-12-13-14-15-17-22-23-18-16-21-19(20)4-2/h4H,2-3,5-18H2,1H3. The fourth-order valence-electron chi connectivity index (χ4n) is 2.36. The first-order valence-corrected chi connectivity index (χ1v) is 11.8. The third-order valence-electron chi connectivity index (χ3n) is 3.74. The summed E-state index contributed by atoms with van der Waals surface area (Å²) in [5.74, 6) is 1.75. The van der Waals surface area contributed by atoms with E-state index >= 15 is 0 Å². The Hall–Kier alpha value is -0.0900. The van der Waals surface area contributed by atoms with Crippen molar-refractivity contribution < 1.29 is 9.53 Å². The highest BCUT2D eigenvalue weighted by Gasteiger charge is 1.97. The quantitative estimate of drug-likeness (QED) is 0.116. The second-order valence-corrected chi connectivity index (χ2v) is 8.61. The minimum Gasteiger partial charge on any atom is -0.462 e.